The van der Waals surface area contributed by atoms with Gasteiger partial charge in [-0.25, -0.2) is 8.96 Å². The van der Waals surface area contributed by atoms with Gasteiger partial charge in [-0.2, -0.15) is 5.26 Å². The first-order valence-corrected chi connectivity index (χ1v) is 8.20. The van der Waals surface area contributed by atoms with Crippen LogP contribution in [-0.2, 0) is 7.05 Å². The average Bonchev–Trinajstić information content (AvgIpc) is 2.59. The van der Waals surface area contributed by atoms with Crippen LogP contribution in [0, 0.1) is 37.9 Å². The normalized spacial score (nSPS) is 10.6. The maximum absolute atomic E-state index is 14.2. The van der Waals surface area contributed by atoms with Crippen molar-refractivity contribution in [1.29, 1.82) is 5.26 Å². The van der Waals surface area contributed by atoms with Crippen molar-refractivity contribution in [3.63, 3.8) is 0 Å². The van der Waals surface area contributed by atoms with Crippen molar-refractivity contribution in [2.24, 2.45) is 7.05 Å². The van der Waals surface area contributed by atoms with Gasteiger partial charge < -0.3 is 0 Å². The first-order valence-electron chi connectivity index (χ1n) is 8.20. The molecule has 0 N–H and O–H groups in total. The van der Waals surface area contributed by atoms with Crippen LogP contribution in [0.3, 0.4) is 0 Å². The third-order valence-corrected chi connectivity index (χ3v) is 4.71. The molecule has 124 valence electrons. The van der Waals surface area contributed by atoms with Crippen LogP contribution < -0.4 is 4.57 Å². The van der Waals surface area contributed by atoms with Crippen molar-refractivity contribution < 1.29 is 8.96 Å². The second kappa shape index (κ2) is 6.49. The largest absolute Gasteiger partial charge is 0.212 e. The molecule has 2 nitrogen and oxygen atoms in total. The molecule has 0 fully saturated rings. The number of hydrogen-bond donors (Lipinski definition) is 0. The number of aromatic nitrogens is 1. The van der Waals surface area contributed by atoms with Crippen LogP contribution >= 0.6 is 0 Å². The van der Waals surface area contributed by atoms with Crippen LogP contribution in [0.5, 0.6) is 0 Å². The van der Waals surface area contributed by atoms with E-state index in [1.165, 1.54) is 11.6 Å². The van der Waals surface area contributed by atoms with Gasteiger partial charge in [-0.1, -0.05) is 12.1 Å². The van der Waals surface area contributed by atoms with E-state index in [0.717, 1.165) is 33.5 Å². The van der Waals surface area contributed by atoms with E-state index in [2.05, 4.69) is 30.5 Å². The zero-order chi connectivity index (χ0) is 18.1. The quantitative estimate of drug-likeness (QED) is 0.621. The maximum Gasteiger partial charge on any atom is 0.212 e. The van der Waals surface area contributed by atoms with Crippen LogP contribution in [0.1, 0.15) is 22.3 Å². The Kier molecular flexibility index (Phi) is 4.37. The summed E-state index contributed by atoms with van der Waals surface area (Å²) < 4.78 is 16.3. The lowest BCUT2D eigenvalue weighted by Gasteiger charge is -2.15. The van der Waals surface area contributed by atoms with Gasteiger partial charge in [0, 0.05) is 12.1 Å². The summed E-state index contributed by atoms with van der Waals surface area (Å²) in [4.78, 5) is 0. The summed E-state index contributed by atoms with van der Waals surface area (Å²) in [5, 5.41) is 9.03. The van der Waals surface area contributed by atoms with Crippen molar-refractivity contribution in [3.05, 3.63) is 76.7 Å². The third kappa shape index (κ3) is 2.92. The molecule has 0 aliphatic carbocycles. The zero-order valence-electron chi connectivity index (χ0n) is 14.9. The average molecular weight is 331 g/mol. The fourth-order valence-corrected chi connectivity index (χ4v) is 3.37. The van der Waals surface area contributed by atoms with E-state index in [9.17, 15) is 4.39 Å². The molecule has 0 bridgehead atoms. The van der Waals surface area contributed by atoms with Gasteiger partial charge >= 0.3 is 0 Å². The Bertz CT molecular complexity index is 1010. The van der Waals surface area contributed by atoms with Gasteiger partial charge in [0.25, 0.3) is 0 Å². The van der Waals surface area contributed by atoms with E-state index in [0.29, 0.717) is 0 Å². The topological polar surface area (TPSA) is 27.7 Å². The molecule has 0 saturated heterocycles. The minimum atomic E-state index is -0.477. The Morgan fingerprint density at radius 3 is 2.40 bits per heavy atom. The van der Waals surface area contributed by atoms with Crippen LogP contribution in [0.4, 0.5) is 4.39 Å². The molecule has 2 aromatic carbocycles. The summed E-state index contributed by atoms with van der Waals surface area (Å²) in [6.45, 7) is 6.07. The summed E-state index contributed by atoms with van der Waals surface area (Å²) in [7, 11) is 2.02. The lowest BCUT2D eigenvalue weighted by Crippen LogP contribution is -2.30. The Hall–Kier alpha value is -2.99. The molecule has 0 atom stereocenters. The number of pyridine rings is 1. The molecular formula is C22H20FN2+. The molecule has 0 aliphatic rings. The predicted molar refractivity (Wildman–Crippen MR) is 97.4 cm³/mol. The highest BCUT2D eigenvalue weighted by molar-refractivity contribution is 5.80. The molecule has 3 rings (SSSR count). The third-order valence-electron chi connectivity index (χ3n) is 4.71. The van der Waals surface area contributed by atoms with Gasteiger partial charge in [-0.15, -0.1) is 0 Å². The summed E-state index contributed by atoms with van der Waals surface area (Å²) >= 11 is 0. The summed E-state index contributed by atoms with van der Waals surface area (Å²) in [6, 6.07) is 15.2. The lowest BCUT2D eigenvalue weighted by atomic mass is 9.89. The van der Waals surface area contributed by atoms with Crippen LogP contribution in [0.15, 0.2) is 48.7 Å². The maximum atomic E-state index is 14.2. The highest BCUT2D eigenvalue weighted by atomic mass is 19.1. The van der Waals surface area contributed by atoms with Gasteiger partial charge in [0.05, 0.1) is 11.1 Å². The molecule has 0 aliphatic heterocycles. The molecule has 3 aromatic rings. The van der Waals surface area contributed by atoms with Crippen LogP contribution in [0.2, 0.25) is 0 Å². The second-order valence-electron chi connectivity index (χ2n) is 6.39. The first kappa shape index (κ1) is 16.9. The fourth-order valence-electron chi connectivity index (χ4n) is 3.37. The van der Waals surface area contributed by atoms with Crippen molar-refractivity contribution in [2.75, 3.05) is 0 Å². The highest BCUT2D eigenvalue weighted by Crippen LogP contribution is 2.35. The molecule has 0 amide bonds. The predicted octanol–water partition coefficient (Wildman–Crippen LogP) is 4.78. The molecule has 0 radical (unpaired) electrons. The number of halogens is 1. The molecule has 1 heterocycles. The molecule has 0 saturated carbocycles. The van der Waals surface area contributed by atoms with Gasteiger partial charge in [0.1, 0.15) is 18.9 Å². The smallest absolute Gasteiger partial charge is 0.206 e. The Morgan fingerprint density at radius 2 is 1.72 bits per heavy atom. The van der Waals surface area contributed by atoms with Gasteiger partial charge in [-0.05, 0) is 66.8 Å². The van der Waals surface area contributed by atoms with Gasteiger partial charge in [-0.3, -0.25) is 0 Å². The van der Waals surface area contributed by atoms with Crippen molar-refractivity contribution in [2.45, 2.75) is 20.8 Å². The molecule has 0 unspecified atom stereocenters. The van der Waals surface area contributed by atoms with Crippen LogP contribution in [-0.4, -0.2) is 0 Å². The molecule has 25 heavy (non-hydrogen) atoms. The molecule has 1 aromatic heterocycles. The monoisotopic (exact) mass is 331 g/mol. The van der Waals surface area contributed by atoms with Crippen LogP contribution in [0.25, 0.3) is 22.4 Å². The summed E-state index contributed by atoms with van der Waals surface area (Å²) in [5.74, 6) is -0.477. The SMILES string of the molecule is Cc1cc(C#N)c(F)cc1-c1ccc(C)c(-c2cccc[n+]2C)c1C. The first-order chi connectivity index (χ1) is 11.9. The van der Waals surface area contributed by atoms with E-state index in [1.807, 2.05) is 44.4 Å². The second-order valence-corrected chi connectivity index (χ2v) is 6.39. The van der Waals surface area contributed by atoms with Crippen molar-refractivity contribution in [3.8, 4) is 28.5 Å². The Labute approximate surface area is 147 Å². The van der Waals surface area contributed by atoms with Crippen molar-refractivity contribution in [1.82, 2.24) is 0 Å². The lowest BCUT2D eigenvalue weighted by molar-refractivity contribution is -0.660. The number of aryl methyl sites for hydroxylation is 3. The number of hydrogen-bond acceptors (Lipinski definition) is 1. The van der Waals surface area contributed by atoms with E-state index in [1.54, 1.807) is 6.07 Å². The number of nitriles is 1. The number of benzene rings is 2. The minimum Gasteiger partial charge on any atom is -0.206 e. The fraction of sp³-hybridized carbons (Fsp3) is 0.182. The Morgan fingerprint density at radius 1 is 0.960 bits per heavy atom. The summed E-state index contributed by atoms with van der Waals surface area (Å²) in [6.07, 6.45) is 2.02. The molecule has 3 heteroatoms. The number of rotatable bonds is 2. The van der Waals surface area contributed by atoms with E-state index >= 15 is 0 Å². The summed E-state index contributed by atoms with van der Waals surface area (Å²) in [5.41, 5.74) is 7.35. The van der Waals surface area contributed by atoms with Crippen molar-refractivity contribution >= 4 is 0 Å². The zero-order valence-corrected chi connectivity index (χ0v) is 14.9. The Balaban J connectivity index is 2.28. The highest BCUT2D eigenvalue weighted by Gasteiger charge is 2.19. The minimum absolute atomic E-state index is 0.0840. The van der Waals surface area contributed by atoms with E-state index < -0.39 is 5.82 Å². The van der Waals surface area contributed by atoms with E-state index in [-0.39, 0.29) is 5.56 Å². The molecule has 0 spiro atoms. The standard InChI is InChI=1S/C22H20FN2/c1-14-8-9-18(19-12-20(23)17(13-24)11-15(19)2)16(3)22(14)21-7-5-6-10-25(21)4/h5-12H,1-4H3/q+1. The number of nitrogens with zero attached hydrogens (tertiary/aromatic N) is 2. The molecular weight excluding hydrogens is 311 g/mol. The van der Waals surface area contributed by atoms with E-state index in [4.69, 9.17) is 5.26 Å². The van der Waals surface area contributed by atoms with Gasteiger partial charge in [0.15, 0.2) is 6.20 Å². The van der Waals surface area contributed by atoms with Gasteiger partial charge in [0.2, 0.25) is 5.69 Å².